The van der Waals surface area contributed by atoms with Crippen LogP contribution < -0.4 is 5.32 Å². The smallest absolute Gasteiger partial charge is 0.329 e. The number of amides is 1. The molecule has 0 spiro atoms. The zero-order valence-electron chi connectivity index (χ0n) is 9.92. The fraction of sp³-hybridized carbons (Fsp3) is 0.455. The monoisotopic (exact) mass is 284 g/mol. The number of nitrogens with one attached hydrogen (secondary N) is 1. The third-order valence-corrected chi connectivity index (χ3v) is 4.13. The van der Waals surface area contributed by atoms with E-state index in [0.717, 1.165) is 30.2 Å². The van der Waals surface area contributed by atoms with Crippen molar-refractivity contribution >= 4 is 28.2 Å². The summed E-state index contributed by atoms with van der Waals surface area (Å²) in [6.45, 7) is 0. The van der Waals surface area contributed by atoms with Crippen molar-refractivity contribution in [3.8, 4) is 0 Å². The van der Waals surface area contributed by atoms with Gasteiger partial charge in [-0.2, -0.15) is 0 Å². The first-order valence-electron chi connectivity index (χ1n) is 5.73. The Morgan fingerprint density at radius 3 is 2.53 bits per heavy atom. The van der Waals surface area contributed by atoms with E-state index >= 15 is 0 Å². The summed E-state index contributed by atoms with van der Waals surface area (Å²) in [5, 5.41) is 23.5. The van der Waals surface area contributed by atoms with Crippen molar-refractivity contribution in [2.45, 2.75) is 31.2 Å². The normalized spacial score (nSPS) is 17.1. The van der Waals surface area contributed by atoms with Crippen LogP contribution in [0.5, 0.6) is 0 Å². The van der Waals surface area contributed by atoms with Crippen molar-refractivity contribution in [1.82, 2.24) is 5.32 Å². The van der Waals surface area contributed by atoms with Crippen molar-refractivity contribution in [1.29, 1.82) is 0 Å². The number of carboxylic acids is 1. The molecular formula is C11H12N2O5S. The van der Waals surface area contributed by atoms with E-state index in [1.165, 1.54) is 5.38 Å². The molecule has 0 unspecified atom stereocenters. The average Bonchev–Trinajstić information content (AvgIpc) is 2.97. The summed E-state index contributed by atoms with van der Waals surface area (Å²) in [4.78, 5) is 33.2. The molecule has 0 bridgehead atoms. The van der Waals surface area contributed by atoms with Crippen molar-refractivity contribution in [3.05, 3.63) is 27.1 Å². The molecule has 0 aliphatic heterocycles. The van der Waals surface area contributed by atoms with Gasteiger partial charge in [0.1, 0.15) is 5.54 Å². The zero-order valence-corrected chi connectivity index (χ0v) is 10.7. The van der Waals surface area contributed by atoms with E-state index in [9.17, 15) is 24.8 Å². The van der Waals surface area contributed by atoms with E-state index in [1.54, 1.807) is 0 Å². The molecule has 1 aromatic heterocycles. The lowest BCUT2D eigenvalue weighted by molar-refractivity contribution is -0.380. The van der Waals surface area contributed by atoms with Crippen LogP contribution in [0.4, 0.5) is 5.00 Å². The van der Waals surface area contributed by atoms with E-state index in [1.807, 2.05) is 0 Å². The number of carboxylic acid groups (broad SMARTS) is 1. The first-order chi connectivity index (χ1) is 8.94. The summed E-state index contributed by atoms with van der Waals surface area (Å²) >= 11 is 0.844. The van der Waals surface area contributed by atoms with Crippen LogP contribution in [-0.2, 0) is 4.79 Å². The Kier molecular flexibility index (Phi) is 3.52. The molecule has 0 saturated heterocycles. The maximum atomic E-state index is 12.0. The van der Waals surface area contributed by atoms with Crippen molar-refractivity contribution in [3.63, 3.8) is 0 Å². The number of carbonyl (C=O) groups is 2. The van der Waals surface area contributed by atoms with Crippen molar-refractivity contribution in [2.75, 3.05) is 0 Å². The molecule has 2 N–H and O–H groups in total. The lowest BCUT2D eigenvalue weighted by atomic mass is 9.97. The molecule has 0 radical (unpaired) electrons. The maximum Gasteiger partial charge on any atom is 0.329 e. The second-order valence-corrected chi connectivity index (χ2v) is 5.37. The molecule has 1 saturated carbocycles. The molecule has 7 nitrogen and oxygen atoms in total. The number of nitro groups is 1. The lowest BCUT2D eigenvalue weighted by Gasteiger charge is -2.24. The highest BCUT2D eigenvalue weighted by molar-refractivity contribution is 7.13. The van der Waals surface area contributed by atoms with Gasteiger partial charge in [0.05, 0.1) is 10.5 Å². The predicted octanol–water partition coefficient (Wildman–Crippen LogP) is 1.78. The topological polar surface area (TPSA) is 110 Å². The highest BCUT2D eigenvalue weighted by Gasteiger charge is 2.42. The third kappa shape index (κ3) is 2.58. The van der Waals surface area contributed by atoms with E-state index in [-0.39, 0.29) is 10.6 Å². The molecule has 1 fully saturated rings. The second-order valence-electron chi connectivity index (χ2n) is 4.48. The van der Waals surface area contributed by atoms with Gasteiger partial charge in [0.25, 0.3) is 5.91 Å². The Labute approximate surface area is 112 Å². The van der Waals surface area contributed by atoms with Gasteiger partial charge in [0.2, 0.25) is 0 Å². The molecule has 19 heavy (non-hydrogen) atoms. The number of hydrogen-bond donors (Lipinski definition) is 2. The molecule has 0 atom stereocenters. The van der Waals surface area contributed by atoms with Gasteiger partial charge < -0.3 is 10.4 Å². The van der Waals surface area contributed by atoms with E-state index in [0.29, 0.717) is 12.8 Å². The molecule has 0 aromatic carbocycles. The van der Waals surface area contributed by atoms with Gasteiger partial charge in [-0.1, -0.05) is 24.2 Å². The van der Waals surface area contributed by atoms with Crippen LogP contribution in [0.2, 0.25) is 0 Å². The number of hydrogen-bond acceptors (Lipinski definition) is 5. The molecule has 1 aliphatic rings. The van der Waals surface area contributed by atoms with Gasteiger partial charge in [-0.25, -0.2) is 4.79 Å². The number of carbonyl (C=O) groups excluding carboxylic acids is 1. The fourth-order valence-electron chi connectivity index (χ4n) is 2.20. The largest absolute Gasteiger partial charge is 0.480 e. The minimum absolute atomic E-state index is 0.129. The molecule has 1 amide bonds. The minimum atomic E-state index is -1.23. The Morgan fingerprint density at radius 2 is 2.05 bits per heavy atom. The number of aliphatic carboxylic acids is 1. The van der Waals surface area contributed by atoms with Crippen LogP contribution in [0.25, 0.3) is 0 Å². The van der Waals surface area contributed by atoms with Crippen LogP contribution in [0.1, 0.15) is 36.0 Å². The Morgan fingerprint density at radius 1 is 1.42 bits per heavy atom. The standard InChI is InChI=1S/C11H12N2O5S/c14-9(7-5-8(13(17)18)19-6-7)12-11(10(15)16)3-1-2-4-11/h5-6H,1-4H2,(H,12,14)(H,15,16). The van der Waals surface area contributed by atoms with Gasteiger partial charge in [0, 0.05) is 11.4 Å². The SMILES string of the molecule is O=C(NC1(C(=O)O)CCCC1)c1csc([N+](=O)[O-])c1. The highest BCUT2D eigenvalue weighted by atomic mass is 32.1. The molecule has 1 heterocycles. The quantitative estimate of drug-likeness (QED) is 0.647. The van der Waals surface area contributed by atoms with Crippen molar-refractivity contribution in [2.24, 2.45) is 0 Å². The lowest BCUT2D eigenvalue weighted by Crippen LogP contribution is -2.52. The molecule has 8 heteroatoms. The Hall–Kier alpha value is -1.96. The average molecular weight is 284 g/mol. The van der Waals surface area contributed by atoms with Gasteiger partial charge in [0.15, 0.2) is 0 Å². The van der Waals surface area contributed by atoms with Gasteiger partial charge in [-0.3, -0.25) is 14.9 Å². The summed E-state index contributed by atoms with van der Waals surface area (Å²) in [6, 6.07) is 1.16. The first-order valence-corrected chi connectivity index (χ1v) is 6.61. The van der Waals surface area contributed by atoms with E-state index < -0.39 is 22.3 Å². The number of nitrogens with zero attached hydrogens (tertiary/aromatic N) is 1. The van der Waals surface area contributed by atoms with E-state index in [2.05, 4.69) is 5.32 Å². The van der Waals surface area contributed by atoms with Crippen LogP contribution in [0, 0.1) is 10.1 Å². The van der Waals surface area contributed by atoms with Crippen LogP contribution >= 0.6 is 11.3 Å². The fourth-order valence-corrected chi connectivity index (χ4v) is 2.90. The van der Waals surface area contributed by atoms with E-state index in [4.69, 9.17) is 0 Å². The molecule has 2 rings (SSSR count). The first kappa shape index (κ1) is 13.5. The van der Waals surface area contributed by atoms with Crippen LogP contribution in [0.15, 0.2) is 11.4 Å². The third-order valence-electron chi connectivity index (χ3n) is 3.25. The van der Waals surface area contributed by atoms with Gasteiger partial charge in [-0.15, -0.1) is 0 Å². The minimum Gasteiger partial charge on any atom is -0.480 e. The summed E-state index contributed by atoms with van der Waals surface area (Å²) < 4.78 is 0. The van der Waals surface area contributed by atoms with Gasteiger partial charge >= 0.3 is 11.0 Å². The van der Waals surface area contributed by atoms with Gasteiger partial charge in [-0.05, 0) is 12.8 Å². The second kappa shape index (κ2) is 4.96. The van der Waals surface area contributed by atoms with Crippen LogP contribution in [0.3, 0.4) is 0 Å². The Bertz CT molecular complexity index is 533. The summed E-state index contributed by atoms with van der Waals surface area (Å²) in [6.07, 6.45) is 2.27. The highest BCUT2D eigenvalue weighted by Crippen LogP contribution is 2.31. The molecule has 1 aliphatic carbocycles. The maximum absolute atomic E-state index is 12.0. The molecule has 102 valence electrons. The van der Waals surface area contributed by atoms with Crippen LogP contribution in [-0.4, -0.2) is 27.4 Å². The summed E-state index contributed by atoms with van der Waals surface area (Å²) in [7, 11) is 0. The number of rotatable bonds is 4. The number of thiophene rings is 1. The zero-order chi connectivity index (χ0) is 14.0. The Balaban J connectivity index is 2.15. The summed E-state index contributed by atoms with van der Waals surface area (Å²) in [5.74, 6) is -1.63. The summed E-state index contributed by atoms with van der Waals surface area (Å²) in [5.41, 5.74) is -1.10. The van der Waals surface area contributed by atoms with Crippen molar-refractivity contribution < 1.29 is 19.6 Å². The molecular weight excluding hydrogens is 272 g/mol. The predicted molar refractivity (Wildman–Crippen MR) is 67.3 cm³/mol. The molecule has 1 aromatic rings.